The summed E-state index contributed by atoms with van der Waals surface area (Å²) in [5.41, 5.74) is 3.08. The van der Waals surface area contributed by atoms with Crippen LogP contribution in [0.25, 0.3) is 11.5 Å². The minimum absolute atomic E-state index is 0.0299. The van der Waals surface area contributed by atoms with Crippen LogP contribution in [0.5, 0.6) is 0 Å². The van der Waals surface area contributed by atoms with Gasteiger partial charge < -0.3 is 13.9 Å². The normalized spacial score (nSPS) is 20.0. The molecule has 2 aromatic rings. The van der Waals surface area contributed by atoms with Gasteiger partial charge in [0.1, 0.15) is 5.76 Å². The smallest absolute Gasteiger partial charge is 0.416 e. The van der Waals surface area contributed by atoms with Crippen molar-refractivity contribution in [2.75, 3.05) is 13.2 Å². The van der Waals surface area contributed by atoms with E-state index in [1.54, 1.807) is 0 Å². The molecule has 34 heavy (non-hydrogen) atoms. The number of hydrogen-bond donors (Lipinski definition) is 0. The standard InChI is InChI=1S/C26H28F3NO4/c1-3-32-24(31)15-19-5-4-18-14-21(10-11-22(18)19)33-13-12-23-16(2)30-25(34-23)17-6-8-20(9-7-17)26(27,28)29/h6-11,19,21H,3-5,12-15H2,1-2H3/t19-,21?/m0/s1. The minimum atomic E-state index is -4.38. The molecule has 1 aromatic heterocycles. The van der Waals surface area contributed by atoms with Crippen molar-refractivity contribution in [3.63, 3.8) is 0 Å². The van der Waals surface area contributed by atoms with Crippen molar-refractivity contribution in [1.29, 1.82) is 0 Å². The van der Waals surface area contributed by atoms with Crippen LogP contribution < -0.4 is 0 Å². The highest BCUT2D eigenvalue weighted by Crippen LogP contribution is 2.40. The second-order valence-electron chi connectivity index (χ2n) is 8.63. The van der Waals surface area contributed by atoms with Gasteiger partial charge in [0.15, 0.2) is 0 Å². The third-order valence-corrected chi connectivity index (χ3v) is 6.31. The molecule has 2 aliphatic rings. The Labute approximate surface area is 196 Å². The minimum Gasteiger partial charge on any atom is -0.466 e. The highest BCUT2D eigenvalue weighted by Gasteiger charge is 2.31. The Morgan fingerprint density at radius 3 is 2.71 bits per heavy atom. The first-order valence-corrected chi connectivity index (χ1v) is 11.6. The van der Waals surface area contributed by atoms with Gasteiger partial charge in [0.25, 0.3) is 0 Å². The van der Waals surface area contributed by atoms with Crippen molar-refractivity contribution in [2.45, 2.75) is 58.2 Å². The molecule has 4 rings (SSSR count). The number of benzene rings is 1. The Balaban J connectivity index is 1.29. The molecule has 0 aliphatic heterocycles. The average Bonchev–Trinajstić information content (AvgIpc) is 3.36. The van der Waals surface area contributed by atoms with Crippen molar-refractivity contribution < 1.29 is 31.9 Å². The molecule has 1 unspecified atom stereocenters. The number of esters is 1. The zero-order chi connectivity index (χ0) is 24.3. The van der Waals surface area contributed by atoms with Gasteiger partial charge in [0.2, 0.25) is 5.89 Å². The number of carbonyl (C=O) groups is 1. The van der Waals surface area contributed by atoms with Crippen molar-refractivity contribution in [3.05, 3.63) is 64.6 Å². The van der Waals surface area contributed by atoms with Gasteiger partial charge in [-0.3, -0.25) is 4.79 Å². The molecule has 0 saturated carbocycles. The maximum Gasteiger partial charge on any atom is 0.416 e. The SMILES string of the molecule is CCOC(=O)C[C@@H]1CCC2=C1C=CC(OCCc1oc(-c3ccc(C(F)(F)F)cc3)nc1C)C2. The number of nitrogens with zero attached hydrogens (tertiary/aromatic N) is 1. The Bertz CT molecular complexity index is 1080. The Morgan fingerprint density at radius 2 is 2.00 bits per heavy atom. The van der Waals surface area contributed by atoms with Crippen LogP contribution in [0.3, 0.4) is 0 Å². The van der Waals surface area contributed by atoms with Gasteiger partial charge >= 0.3 is 12.1 Å². The zero-order valence-corrected chi connectivity index (χ0v) is 19.3. The number of allylic oxidation sites excluding steroid dienone is 2. The summed E-state index contributed by atoms with van der Waals surface area (Å²) in [6.45, 7) is 4.47. The fourth-order valence-electron chi connectivity index (χ4n) is 4.57. The number of alkyl halides is 3. The van der Waals surface area contributed by atoms with E-state index in [0.717, 1.165) is 31.4 Å². The van der Waals surface area contributed by atoms with Crippen LogP contribution in [0, 0.1) is 12.8 Å². The van der Waals surface area contributed by atoms with Crippen LogP contribution in [0.4, 0.5) is 13.2 Å². The molecule has 0 bridgehead atoms. The summed E-state index contributed by atoms with van der Waals surface area (Å²) in [4.78, 5) is 16.2. The van der Waals surface area contributed by atoms with Crippen LogP contribution in [0.2, 0.25) is 0 Å². The highest BCUT2D eigenvalue weighted by atomic mass is 19.4. The van der Waals surface area contributed by atoms with E-state index in [0.29, 0.717) is 49.0 Å². The van der Waals surface area contributed by atoms with E-state index in [2.05, 4.69) is 11.1 Å². The van der Waals surface area contributed by atoms with Crippen LogP contribution in [0.1, 0.15) is 49.6 Å². The molecular formula is C26H28F3NO4. The molecule has 0 radical (unpaired) electrons. The van der Waals surface area contributed by atoms with Gasteiger partial charge in [-0.1, -0.05) is 17.7 Å². The number of carbonyl (C=O) groups excluding carboxylic acids is 1. The molecule has 8 heteroatoms. The molecule has 0 spiro atoms. The van der Waals surface area contributed by atoms with Crippen LogP contribution in [0.15, 0.2) is 52.0 Å². The van der Waals surface area contributed by atoms with Crippen molar-refractivity contribution >= 4 is 5.97 Å². The number of rotatable bonds is 8. The van der Waals surface area contributed by atoms with Gasteiger partial charge in [-0.15, -0.1) is 0 Å². The third kappa shape index (κ3) is 5.60. The fourth-order valence-corrected chi connectivity index (χ4v) is 4.57. The van der Waals surface area contributed by atoms with E-state index in [1.807, 2.05) is 19.9 Å². The summed E-state index contributed by atoms with van der Waals surface area (Å²) >= 11 is 0. The van der Waals surface area contributed by atoms with E-state index < -0.39 is 11.7 Å². The van der Waals surface area contributed by atoms with Crippen LogP contribution >= 0.6 is 0 Å². The second-order valence-corrected chi connectivity index (χ2v) is 8.63. The summed E-state index contributed by atoms with van der Waals surface area (Å²) < 4.78 is 55.3. The lowest BCUT2D eigenvalue weighted by Crippen LogP contribution is -2.17. The maximum atomic E-state index is 12.8. The van der Waals surface area contributed by atoms with Crippen LogP contribution in [-0.2, 0) is 26.9 Å². The van der Waals surface area contributed by atoms with E-state index in [4.69, 9.17) is 13.9 Å². The third-order valence-electron chi connectivity index (χ3n) is 6.31. The van der Waals surface area contributed by atoms with Gasteiger partial charge in [0, 0.05) is 12.0 Å². The Kier molecular flexibility index (Phi) is 7.26. The molecule has 5 nitrogen and oxygen atoms in total. The average molecular weight is 476 g/mol. The second kappa shape index (κ2) is 10.2. The van der Waals surface area contributed by atoms with Crippen molar-refractivity contribution in [1.82, 2.24) is 4.98 Å². The molecule has 0 N–H and O–H groups in total. The lowest BCUT2D eigenvalue weighted by molar-refractivity contribution is -0.144. The lowest BCUT2D eigenvalue weighted by atomic mass is 9.92. The number of oxazole rings is 1. The summed E-state index contributed by atoms with van der Waals surface area (Å²) in [6.07, 6.45) is 3.42. The molecule has 2 aliphatic carbocycles. The first kappa shape index (κ1) is 24.3. The van der Waals surface area contributed by atoms with E-state index in [9.17, 15) is 18.0 Å². The van der Waals surface area contributed by atoms with Gasteiger partial charge in [0.05, 0.1) is 37.0 Å². The summed E-state index contributed by atoms with van der Waals surface area (Å²) in [6, 6.07) is 4.78. The van der Waals surface area contributed by atoms with Crippen molar-refractivity contribution in [3.8, 4) is 11.5 Å². The molecule has 2 atom stereocenters. The number of halogens is 3. The topological polar surface area (TPSA) is 61.6 Å². The molecule has 0 saturated heterocycles. The Morgan fingerprint density at radius 1 is 1.24 bits per heavy atom. The van der Waals surface area contributed by atoms with E-state index in [-0.39, 0.29) is 18.0 Å². The Hall–Kier alpha value is -2.87. The molecule has 0 amide bonds. The number of ether oxygens (including phenoxy) is 2. The molecule has 182 valence electrons. The summed E-state index contributed by atoms with van der Waals surface area (Å²) in [5.74, 6) is 1.04. The largest absolute Gasteiger partial charge is 0.466 e. The van der Waals surface area contributed by atoms with E-state index >= 15 is 0 Å². The van der Waals surface area contributed by atoms with Crippen molar-refractivity contribution in [2.24, 2.45) is 5.92 Å². The molecule has 0 fully saturated rings. The summed E-state index contributed by atoms with van der Waals surface area (Å²) in [5, 5.41) is 0. The predicted octanol–water partition coefficient (Wildman–Crippen LogP) is 6.22. The summed E-state index contributed by atoms with van der Waals surface area (Å²) in [7, 11) is 0. The first-order valence-electron chi connectivity index (χ1n) is 11.6. The highest BCUT2D eigenvalue weighted by molar-refractivity contribution is 5.70. The zero-order valence-electron chi connectivity index (χ0n) is 19.3. The number of aromatic nitrogens is 1. The molecule has 1 heterocycles. The molecule has 1 aromatic carbocycles. The maximum absolute atomic E-state index is 12.8. The van der Waals surface area contributed by atoms with Crippen LogP contribution in [-0.4, -0.2) is 30.3 Å². The van der Waals surface area contributed by atoms with Gasteiger partial charge in [-0.2, -0.15) is 13.2 Å². The number of aryl methyl sites for hydroxylation is 1. The number of hydrogen-bond acceptors (Lipinski definition) is 5. The first-order chi connectivity index (χ1) is 16.2. The van der Waals surface area contributed by atoms with E-state index in [1.165, 1.54) is 23.3 Å². The lowest BCUT2D eigenvalue weighted by Gasteiger charge is -2.21. The van der Waals surface area contributed by atoms with Gasteiger partial charge in [-0.05, 0) is 68.9 Å². The predicted molar refractivity (Wildman–Crippen MR) is 120 cm³/mol. The fraction of sp³-hybridized carbons (Fsp3) is 0.462. The quantitative estimate of drug-likeness (QED) is 0.425. The monoisotopic (exact) mass is 475 g/mol. The molecular weight excluding hydrogens is 447 g/mol. The van der Waals surface area contributed by atoms with Gasteiger partial charge in [-0.25, -0.2) is 4.98 Å².